The molecule has 2 N–H and O–H groups in total. The molecule has 2 aromatic heterocycles. The monoisotopic (exact) mass is 495 g/mol. The highest BCUT2D eigenvalue weighted by atomic mass is 32.2. The van der Waals surface area contributed by atoms with E-state index in [1.54, 1.807) is 36.5 Å². The van der Waals surface area contributed by atoms with Gasteiger partial charge in [0.25, 0.3) is 10.0 Å². The van der Waals surface area contributed by atoms with Crippen molar-refractivity contribution in [3.05, 3.63) is 89.6 Å². The van der Waals surface area contributed by atoms with Gasteiger partial charge in [-0.05, 0) is 30.3 Å². The molecule has 0 aliphatic carbocycles. The fourth-order valence-electron chi connectivity index (χ4n) is 4.16. The van der Waals surface area contributed by atoms with Crippen LogP contribution in [0.25, 0.3) is 10.9 Å². The maximum absolute atomic E-state index is 14.4. The van der Waals surface area contributed by atoms with Gasteiger partial charge in [-0.3, -0.25) is 15.1 Å². The first-order valence-electron chi connectivity index (χ1n) is 10.9. The topological polar surface area (TPSA) is 117 Å². The molecule has 1 aliphatic heterocycles. The van der Waals surface area contributed by atoms with Gasteiger partial charge in [0.2, 0.25) is 5.91 Å². The third-order valence-electron chi connectivity index (χ3n) is 5.91. The van der Waals surface area contributed by atoms with E-state index in [0.29, 0.717) is 22.2 Å². The van der Waals surface area contributed by atoms with Gasteiger partial charge in [0.15, 0.2) is 0 Å². The number of pyridine rings is 1. The molecule has 0 fully saturated rings. The molecule has 180 valence electrons. The lowest BCUT2D eigenvalue weighted by Gasteiger charge is -2.24. The van der Waals surface area contributed by atoms with E-state index in [-0.39, 0.29) is 36.7 Å². The van der Waals surface area contributed by atoms with Crippen molar-refractivity contribution in [3.63, 3.8) is 0 Å². The third kappa shape index (κ3) is 4.29. The molecule has 1 aliphatic rings. The molecule has 0 bridgehead atoms. The van der Waals surface area contributed by atoms with Crippen LogP contribution in [-0.2, 0) is 27.9 Å². The number of carbonyl (C=O) groups is 1. The van der Waals surface area contributed by atoms with Crippen LogP contribution in [0.15, 0.2) is 71.9 Å². The maximum Gasteiger partial charge on any atom is 0.282 e. The van der Waals surface area contributed by atoms with E-state index in [2.05, 4.69) is 15.4 Å². The lowest BCUT2D eigenvalue weighted by atomic mass is 10.0. The second-order valence-electron chi connectivity index (χ2n) is 8.16. The zero-order valence-corrected chi connectivity index (χ0v) is 19.3. The van der Waals surface area contributed by atoms with Crippen molar-refractivity contribution in [1.82, 2.24) is 24.4 Å². The van der Waals surface area contributed by atoms with E-state index in [1.165, 1.54) is 35.4 Å². The molecule has 0 saturated heterocycles. The van der Waals surface area contributed by atoms with Gasteiger partial charge in [-0.25, -0.2) is 4.39 Å². The summed E-state index contributed by atoms with van der Waals surface area (Å²) in [4.78, 5) is 19.0. The van der Waals surface area contributed by atoms with Gasteiger partial charge in [0, 0.05) is 42.0 Å². The van der Waals surface area contributed by atoms with Gasteiger partial charge in [-0.2, -0.15) is 17.6 Å². The average Bonchev–Trinajstić information content (AvgIpc) is 3.45. The molecule has 2 aromatic carbocycles. The Labute approximate surface area is 200 Å². The summed E-state index contributed by atoms with van der Waals surface area (Å²) in [5.74, 6) is -0.923. The van der Waals surface area contributed by atoms with E-state index in [9.17, 15) is 22.7 Å². The molecule has 11 heteroatoms. The number of nitrogens with zero attached hydrogens (tertiary/aromatic N) is 4. The molecule has 0 spiro atoms. The van der Waals surface area contributed by atoms with Crippen molar-refractivity contribution in [2.24, 2.45) is 0 Å². The number of fused-ring (bicyclic) bond motifs is 2. The minimum Gasteiger partial charge on any atom is -0.395 e. The van der Waals surface area contributed by atoms with Crippen LogP contribution in [0.4, 0.5) is 4.39 Å². The van der Waals surface area contributed by atoms with Crippen LogP contribution in [0.5, 0.6) is 0 Å². The van der Waals surface area contributed by atoms with Crippen LogP contribution in [0.2, 0.25) is 0 Å². The first-order valence-corrected chi connectivity index (χ1v) is 12.4. The highest BCUT2D eigenvalue weighted by Gasteiger charge is 2.34. The van der Waals surface area contributed by atoms with Gasteiger partial charge in [0.05, 0.1) is 29.3 Å². The van der Waals surface area contributed by atoms with Crippen LogP contribution >= 0.6 is 0 Å². The fourth-order valence-corrected chi connectivity index (χ4v) is 5.36. The van der Waals surface area contributed by atoms with Crippen LogP contribution < -0.4 is 5.32 Å². The van der Waals surface area contributed by atoms with Gasteiger partial charge in [-0.1, -0.05) is 24.3 Å². The second kappa shape index (κ2) is 9.17. The van der Waals surface area contributed by atoms with E-state index in [1.807, 2.05) is 0 Å². The number of aromatic nitrogens is 3. The Hall–Kier alpha value is -3.67. The normalized spacial score (nSPS) is 14.3. The lowest BCUT2D eigenvalue weighted by molar-refractivity contribution is -0.134. The predicted molar refractivity (Wildman–Crippen MR) is 125 cm³/mol. The minimum absolute atomic E-state index is 0.0833. The van der Waals surface area contributed by atoms with Crippen LogP contribution in [0.3, 0.4) is 0 Å². The van der Waals surface area contributed by atoms with E-state index in [4.69, 9.17) is 0 Å². The summed E-state index contributed by atoms with van der Waals surface area (Å²) >= 11 is 0. The molecule has 1 amide bonds. The van der Waals surface area contributed by atoms with Crippen molar-refractivity contribution in [1.29, 1.82) is 0 Å². The summed E-state index contributed by atoms with van der Waals surface area (Å²) in [6.07, 6.45) is 3.04. The number of rotatable bonds is 7. The quantitative estimate of drug-likeness (QED) is 0.403. The number of hydrogen-bond acceptors (Lipinski definition) is 7. The van der Waals surface area contributed by atoms with Crippen molar-refractivity contribution >= 4 is 26.8 Å². The number of amides is 1. The summed E-state index contributed by atoms with van der Waals surface area (Å²) in [7, 11) is -3.94. The summed E-state index contributed by atoms with van der Waals surface area (Å²) in [5.41, 5.74) is 1.91. The Kier molecular flexibility index (Phi) is 6.05. The number of benzene rings is 2. The Bertz CT molecular complexity index is 1500. The minimum atomic E-state index is -3.94. The predicted octanol–water partition coefficient (Wildman–Crippen LogP) is 1.97. The van der Waals surface area contributed by atoms with Gasteiger partial charge in [0.1, 0.15) is 11.9 Å². The Morgan fingerprint density at radius 1 is 1.14 bits per heavy atom. The molecular formula is C24H22FN5O4S. The van der Waals surface area contributed by atoms with Crippen molar-refractivity contribution < 1.29 is 22.7 Å². The van der Waals surface area contributed by atoms with E-state index >= 15 is 0 Å². The zero-order valence-electron chi connectivity index (χ0n) is 18.5. The molecule has 0 saturated carbocycles. The lowest BCUT2D eigenvalue weighted by Crippen LogP contribution is -2.40. The number of aliphatic hydroxyl groups excluding tert-OH is 1. The molecule has 1 atom stereocenters. The molecular weight excluding hydrogens is 473 g/mol. The van der Waals surface area contributed by atoms with Crippen LogP contribution in [-0.4, -0.2) is 51.7 Å². The van der Waals surface area contributed by atoms with Crippen molar-refractivity contribution in [2.75, 3.05) is 13.2 Å². The molecule has 1 unspecified atom stereocenters. The van der Waals surface area contributed by atoms with Crippen LogP contribution in [0.1, 0.15) is 22.9 Å². The summed E-state index contributed by atoms with van der Waals surface area (Å²) in [6, 6.07) is 13.2. The summed E-state index contributed by atoms with van der Waals surface area (Å²) in [6.45, 7) is 0.116. The number of carbonyl (C=O) groups excluding carboxylic acids is 1. The van der Waals surface area contributed by atoms with Gasteiger partial charge in [-0.15, -0.1) is 0 Å². The van der Waals surface area contributed by atoms with Crippen molar-refractivity contribution in [3.8, 4) is 0 Å². The largest absolute Gasteiger partial charge is 0.395 e. The Morgan fingerprint density at radius 3 is 2.74 bits per heavy atom. The molecule has 9 nitrogen and oxygen atoms in total. The third-order valence-corrected chi connectivity index (χ3v) is 7.44. The first kappa shape index (κ1) is 23.1. The number of hydrogen-bond donors (Lipinski definition) is 2. The SMILES string of the molecule is O=C(C(NCCO)c1ccccc1F)N1Cc2cn(S(=O)(=O)c3ccc4ncccc4c3)nc2C1. The number of halogens is 1. The Balaban J connectivity index is 1.38. The van der Waals surface area contributed by atoms with Crippen molar-refractivity contribution in [2.45, 2.75) is 24.0 Å². The Morgan fingerprint density at radius 2 is 1.97 bits per heavy atom. The highest BCUT2D eigenvalue weighted by Crippen LogP contribution is 2.28. The molecule has 0 radical (unpaired) electrons. The summed E-state index contributed by atoms with van der Waals surface area (Å²) in [5, 5.41) is 17.0. The molecule has 35 heavy (non-hydrogen) atoms. The fraction of sp³-hybridized carbons (Fsp3) is 0.208. The molecule has 3 heterocycles. The number of aliphatic hydroxyl groups is 1. The number of nitrogens with one attached hydrogen (secondary N) is 1. The van der Waals surface area contributed by atoms with Crippen LogP contribution in [0, 0.1) is 5.82 Å². The maximum atomic E-state index is 14.4. The zero-order chi connectivity index (χ0) is 24.6. The average molecular weight is 496 g/mol. The highest BCUT2D eigenvalue weighted by molar-refractivity contribution is 7.89. The molecule has 4 aromatic rings. The van der Waals surface area contributed by atoms with E-state index < -0.39 is 27.8 Å². The van der Waals surface area contributed by atoms with Gasteiger partial charge < -0.3 is 10.0 Å². The first-order chi connectivity index (χ1) is 16.9. The standard InChI is InChI=1S/C24H22FN5O4S/c25-20-6-2-1-5-19(20)23(27-10-11-31)24(32)29-13-17-14-30(28-22(17)15-29)35(33,34)18-7-8-21-16(12-18)4-3-9-26-21/h1-9,12,14,23,27,31H,10-11,13,15H2. The summed E-state index contributed by atoms with van der Waals surface area (Å²) < 4.78 is 41.7. The van der Waals surface area contributed by atoms with Gasteiger partial charge >= 0.3 is 0 Å². The second-order valence-corrected chi connectivity index (χ2v) is 9.96. The molecule has 5 rings (SSSR count). The van der Waals surface area contributed by atoms with E-state index in [0.717, 1.165) is 4.09 Å². The smallest absolute Gasteiger partial charge is 0.282 e.